The number of aliphatic hydroxyl groups excluding tert-OH is 1. The molecule has 2 aromatic heterocycles. The van der Waals surface area contributed by atoms with Crippen LogP contribution < -0.4 is 15.4 Å². The van der Waals surface area contributed by atoms with Crippen LogP contribution in [-0.2, 0) is 17.9 Å². The number of hydrogen-bond donors (Lipinski definition) is 4. The number of aromatic amines is 1. The molecule has 0 aliphatic heterocycles. The van der Waals surface area contributed by atoms with E-state index in [-0.39, 0.29) is 18.4 Å². The smallest absolute Gasteiger partial charge is 0.406 e. The molecule has 0 saturated heterocycles. The predicted octanol–water partition coefficient (Wildman–Crippen LogP) is 4.86. The van der Waals surface area contributed by atoms with Crippen molar-refractivity contribution in [3.63, 3.8) is 0 Å². The fourth-order valence-corrected chi connectivity index (χ4v) is 4.49. The Balaban J connectivity index is 1.16. The number of fused-ring (bicyclic) bond motifs is 1. The van der Waals surface area contributed by atoms with Gasteiger partial charge in [-0.05, 0) is 72.3 Å². The molecule has 0 fully saturated rings. The highest BCUT2D eigenvalue weighted by molar-refractivity contribution is 7.09. The molecule has 4 N–H and O–H groups in total. The number of alkyl halides is 3. The maximum atomic E-state index is 12.6. The average Bonchev–Trinajstić information content (AvgIpc) is 3.58. The number of aromatic nitrogens is 4. The van der Waals surface area contributed by atoms with Crippen LogP contribution in [0, 0.1) is 0 Å². The standard InChI is InChI=1S/C25H29F3N6O3S/c1-16(30-12-17-7-18(15-35)9-20(8-17)37-25(26,27)28)3-2-5-36-6-4-29-22-10-19(24-14-32-34-38-24)11-23-21(22)13-31-33-23/h7-11,13-14,16,29-30,35H,2-6,12,15H2,1H3,(H,31,33)/t16-/m0/s1. The number of anilines is 1. The van der Waals surface area contributed by atoms with E-state index in [1.54, 1.807) is 18.5 Å². The van der Waals surface area contributed by atoms with E-state index in [0.29, 0.717) is 37.4 Å². The highest BCUT2D eigenvalue weighted by atomic mass is 32.1. The van der Waals surface area contributed by atoms with Crippen molar-refractivity contribution in [1.82, 2.24) is 25.1 Å². The molecule has 0 aliphatic carbocycles. The molecule has 0 aliphatic rings. The van der Waals surface area contributed by atoms with Crippen LogP contribution in [0.15, 0.2) is 42.7 Å². The third-order valence-electron chi connectivity index (χ3n) is 5.79. The van der Waals surface area contributed by atoms with E-state index in [0.717, 1.165) is 39.9 Å². The van der Waals surface area contributed by atoms with Gasteiger partial charge in [-0.25, -0.2) is 0 Å². The van der Waals surface area contributed by atoms with E-state index in [4.69, 9.17) is 4.74 Å². The second-order valence-electron chi connectivity index (χ2n) is 8.79. The van der Waals surface area contributed by atoms with Crippen molar-refractivity contribution in [3.05, 3.63) is 53.9 Å². The molecule has 0 saturated carbocycles. The first-order chi connectivity index (χ1) is 18.3. The number of ether oxygens (including phenoxy) is 2. The zero-order valence-corrected chi connectivity index (χ0v) is 21.5. The van der Waals surface area contributed by atoms with Crippen LogP contribution in [0.5, 0.6) is 5.75 Å². The number of aliphatic hydroxyl groups is 1. The summed E-state index contributed by atoms with van der Waals surface area (Å²) in [5, 5.41) is 28.1. The molecule has 4 aromatic rings. The molecule has 4 rings (SSSR count). The second-order valence-corrected chi connectivity index (χ2v) is 9.58. The van der Waals surface area contributed by atoms with Crippen molar-refractivity contribution >= 4 is 28.1 Å². The van der Waals surface area contributed by atoms with Crippen molar-refractivity contribution in [3.8, 4) is 16.2 Å². The Bertz CT molecular complexity index is 1300. The quantitative estimate of drug-likeness (QED) is 0.165. The summed E-state index contributed by atoms with van der Waals surface area (Å²) in [7, 11) is 0. The molecule has 2 aromatic carbocycles. The van der Waals surface area contributed by atoms with Gasteiger partial charge < -0.3 is 25.2 Å². The van der Waals surface area contributed by atoms with Gasteiger partial charge in [-0.1, -0.05) is 10.6 Å². The molecule has 38 heavy (non-hydrogen) atoms. The number of nitrogens with zero attached hydrogens (tertiary/aromatic N) is 3. The third kappa shape index (κ3) is 8.12. The molecule has 204 valence electrons. The molecule has 13 heteroatoms. The first kappa shape index (κ1) is 27.8. The number of nitrogens with one attached hydrogen (secondary N) is 3. The maximum absolute atomic E-state index is 12.6. The summed E-state index contributed by atoms with van der Waals surface area (Å²) in [6, 6.07) is 8.35. The van der Waals surface area contributed by atoms with Crippen LogP contribution in [-0.4, -0.2) is 57.1 Å². The van der Waals surface area contributed by atoms with Crippen molar-refractivity contribution in [2.75, 3.05) is 25.1 Å². The topological polar surface area (TPSA) is 117 Å². The van der Waals surface area contributed by atoms with Crippen molar-refractivity contribution < 1.29 is 27.8 Å². The monoisotopic (exact) mass is 550 g/mol. The minimum absolute atomic E-state index is 0.125. The maximum Gasteiger partial charge on any atom is 0.573 e. The number of halogens is 3. The van der Waals surface area contributed by atoms with Crippen LogP contribution in [0.2, 0.25) is 0 Å². The van der Waals surface area contributed by atoms with E-state index >= 15 is 0 Å². The van der Waals surface area contributed by atoms with Gasteiger partial charge in [0, 0.05) is 36.8 Å². The molecule has 0 unspecified atom stereocenters. The predicted molar refractivity (Wildman–Crippen MR) is 139 cm³/mol. The summed E-state index contributed by atoms with van der Waals surface area (Å²) in [5.74, 6) is -0.337. The average molecular weight is 551 g/mol. The van der Waals surface area contributed by atoms with Crippen molar-refractivity contribution in [2.24, 2.45) is 0 Å². The highest BCUT2D eigenvalue weighted by Gasteiger charge is 2.31. The van der Waals surface area contributed by atoms with Crippen molar-refractivity contribution in [2.45, 2.75) is 45.3 Å². The van der Waals surface area contributed by atoms with Gasteiger partial charge in [0.25, 0.3) is 0 Å². The third-order valence-corrected chi connectivity index (χ3v) is 6.50. The molecule has 1 atom stereocenters. The number of benzene rings is 2. The number of hydrogen-bond acceptors (Lipinski definition) is 9. The van der Waals surface area contributed by atoms with Gasteiger partial charge in [0.05, 0.1) is 36.0 Å². The van der Waals surface area contributed by atoms with E-state index < -0.39 is 6.36 Å². The minimum Gasteiger partial charge on any atom is -0.406 e. The summed E-state index contributed by atoms with van der Waals surface area (Å²) < 4.78 is 51.4. The fraction of sp³-hybridized carbons (Fsp3) is 0.400. The van der Waals surface area contributed by atoms with Crippen LogP contribution in [0.25, 0.3) is 21.3 Å². The molecule has 0 bridgehead atoms. The van der Waals surface area contributed by atoms with Gasteiger partial charge >= 0.3 is 6.36 Å². The Morgan fingerprint density at radius 3 is 2.71 bits per heavy atom. The van der Waals surface area contributed by atoms with Gasteiger partial charge in [-0.15, -0.1) is 18.3 Å². The first-order valence-corrected chi connectivity index (χ1v) is 12.9. The van der Waals surface area contributed by atoms with Gasteiger partial charge in [-0.3, -0.25) is 5.10 Å². The van der Waals surface area contributed by atoms with Crippen LogP contribution in [0.1, 0.15) is 30.9 Å². The van der Waals surface area contributed by atoms with Gasteiger partial charge in [0.1, 0.15) is 5.75 Å². The SMILES string of the molecule is C[C@@H](CCCOCCNc1cc(-c2cnns2)cc2[nH]ncc12)NCc1cc(CO)cc(OC(F)(F)F)c1. The van der Waals surface area contributed by atoms with Gasteiger partial charge in [-0.2, -0.15) is 5.10 Å². The fourth-order valence-electron chi connectivity index (χ4n) is 3.99. The Labute approximate surface area is 221 Å². The van der Waals surface area contributed by atoms with Crippen LogP contribution in [0.3, 0.4) is 0 Å². The number of rotatable bonds is 14. The Morgan fingerprint density at radius 2 is 1.95 bits per heavy atom. The van der Waals surface area contributed by atoms with Crippen LogP contribution in [0.4, 0.5) is 18.9 Å². The summed E-state index contributed by atoms with van der Waals surface area (Å²) in [4.78, 5) is 0.972. The Morgan fingerprint density at radius 1 is 1.11 bits per heavy atom. The van der Waals surface area contributed by atoms with E-state index in [1.807, 2.05) is 13.0 Å². The van der Waals surface area contributed by atoms with Gasteiger partial charge in [0.2, 0.25) is 0 Å². The lowest BCUT2D eigenvalue weighted by molar-refractivity contribution is -0.274. The first-order valence-electron chi connectivity index (χ1n) is 12.1. The number of H-pyrrole nitrogens is 1. The van der Waals surface area contributed by atoms with Crippen LogP contribution >= 0.6 is 11.5 Å². The van der Waals surface area contributed by atoms with Gasteiger partial charge in [0.15, 0.2) is 0 Å². The largest absolute Gasteiger partial charge is 0.573 e. The minimum atomic E-state index is -4.78. The van der Waals surface area contributed by atoms with E-state index in [1.165, 1.54) is 23.7 Å². The summed E-state index contributed by atoms with van der Waals surface area (Å²) >= 11 is 1.33. The lowest BCUT2D eigenvalue weighted by Gasteiger charge is -2.16. The zero-order valence-electron chi connectivity index (χ0n) is 20.7. The summed E-state index contributed by atoms with van der Waals surface area (Å²) in [5.41, 5.74) is 3.85. The zero-order chi connectivity index (χ0) is 27.0. The summed E-state index contributed by atoms with van der Waals surface area (Å²) in [6.07, 6.45) is 0.395. The highest BCUT2D eigenvalue weighted by Crippen LogP contribution is 2.31. The van der Waals surface area contributed by atoms with E-state index in [9.17, 15) is 18.3 Å². The normalized spacial score (nSPS) is 12.7. The Kier molecular flexibility index (Phi) is 9.50. The van der Waals surface area contributed by atoms with E-state index in [2.05, 4.69) is 41.2 Å². The Hall–Kier alpha value is -3.26. The molecular formula is C25H29F3N6O3S. The lowest BCUT2D eigenvalue weighted by atomic mass is 10.1. The molecule has 0 spiro atoms. The van der Waals surface area contributed by atoms with Crippen molar-refractivity contribution in [1.29, 1.82) is 0 Å². The molecular weight excluding hydrogens is 521 g/mol. The second kappa shape index (κ2) is 13.0. The lowest BCUT2D eigenvalue weighted by Crippen LogP contribution is -2.26. The summed E-state index contributed by atoms with van der Waals surface area (Å²) in [6.45, 7) is 3.74. The molecule has 2 heterocycles. The molecule has 0 radical (unpaired) electrons. The molecule has 0 amide bonds. The molecule has 9 nitrogen and oxygen atoms in total.